The third-order valence-corrected chi connectivity index (χ3v) is 5.83. The third kappa shape index (κ3) is 8.56. The molecule has 1 aliphatic rings. The monoisotopic (exact) mass is 488 g/mol. The van der Waals surface area contributed by atoms with E-state index < -0.39 is 42.0 Å². The van der Waals surface area contributed by atoms with Crippen molar-refractivity contribution in [3.05, 3.63) is 35.4 Å². The molecule has 4 N–H and O–H groups in total. The second-order valence-electron chi connectivity index (χ2n) is 10.2. The molecule has 1 fully saturated rings. The Morgan fingerprint density at radius 1 is 1.20 bits per heavy atom. The van der Waals surface area contributed by atoms with Gasteiger partial charge in [-0.2, -0.15) is 0 Å². The van der Waals surface area contributed by atoms with Crippen molar-refractivity contribution >= 4 is 23.8 Å². The lowest BCUT2D eigenvalue weighted by Gasteiger charge is -2.43. The SMILES string of the molecule is CCCCNC(=O)C(c1cccc(C)c1)N(C(=O)C(CC(N)=O)NC(=O)OC(C)(C)C)C1CCC1. The van der Waals surface area contributed by atoms with Crippen molar-refractivity contribution in [1.82, 2.24) is 15.5 Å². The van der Waals surface area contributed by atoms with Crippen LogP contribution in [0.1, 0.15) is 83.4 Å². The maximum Gasteiger partial charge on any atom is 0.408 e. The van der Waals surface area contributed by atoms with Gasteiger partial charge in [-0.3, -0.25) is 14.4 Å². The number of carbonyl (C=O) groups excluding carboxylic acids is 4. The van der Waals surface area contributed by atoms with Gasteiger partial charge in [0.1, 0.15) is 17.7 Å². The normalized spacial score (nSPS) is 15.3. The van der Waals surface area contributed by atoms with Crippen molar-refractivity contribution < 1.29 is 23.9 Å². The van der Waals surface area contributed by atoms with Crippen LogP contribution in [0, 0.1) is 6.92 Å². The van der Waals surface area contributed by atoms with Crippen LogP contribution in [0.3, 0.4) is 0 Å². The fourth-order valence-electron chi connectivity index (χ4n) is 3.98. The number of hydrogen-bond donors (Lipinski definition) is 3. The first-order valence-corrected chi connectivity index (χ1v) is 12.4. The first-order valence-electron chi connectivity index (χ1n) is 12.4. The third-order valence-electron chi connectivity index (χ3n) is 5.83. The molecule has 35 heavy (non-hydrogen) atoms. The molecule has 2 atom stereocenters. The minimum Gasteiger partial charge on any atom is -0.444 e. The topological polar surface area (TPSA) is 131 Å². The van der Waals surface area contributed by atoms with E-state index in [0.29, 0.717) is 12.1 Å². The average molecular weight is 489 g/mol. The average Bonchev–Trinajstić information content (AvgIpc) is 2.69. The van der Waals surface area contributed by atoms with Crippen LogP contribution in [-0.4, -0.2) is 52.9 Å². The first kappa shape index (κ1) is 28.1. The zero-order valence-corrected chi connectivity index (χ0v) is 21.6. The molecule has 2 unspecified atom stereocenters. The molecule has 1 aromatic rings. The molecule has 1 saturated carbocycles. The van der Waals surface area contributed by atoms with Gasteiger partial charge in [-0.15, -0.1) is 0 Å². The molecule has 0 spiro atoms. The summed E-state index contributed by atoms with van der Waals surface area (Å²) in [5, 5.41) is 5.47. The first-order chi connectivity index (χ1) is 16.4. The van der Waals surface area contributed by atoms with Gasteiger partial charge in [0.15, 0.2) is 0 Å². The number of rotatable bonds is 11. The number of primary amides is 1. The smallest absolute Gasteiger partial charge is 0.408 e. The number of carbonyl (C=O) groups is 4. The number of hydrogen-bond acceptors (Lipinski definition) is 5. The summed E-state index contributed by atoms with van der Waals surface area (Å²) in [6, 6.07) is 5.12. The lowest BCUT2D eigenvalue weighted by Crippen LogP contribution is -2.58. The van der Waals surface area contributed by atoms with Crippen LogP contribution in [0.25, 0.3) is 0 Å². The highest BCUT2D eigenvalue weighted by Gasteiger charge is 2.42. The molecular formula is C26H40N4O5. The molecule has 0 bridgehead atoms. The lowest BCUT2D eigenvalue weighted by molar-refractivity contribution is -0.148. The van der Waals surface area contributed by atoms with Gasteiger partial charge in [0, 0.05) is 12.6 Å². The van der Waals surface area contributed by atoms with E-state index >= 15 is 0 Å². The number of nitrogens with two attached hydrogens (primary N) is 1. The Morgan fingerprint density at radius 3 is 2.40 bits per heavy atom. The fraction of sp³-hybridized carbons (Fsp3) is 0.615. The minimum atomic E-state index is -1.25. The zero-order valence-electron chi connectivity index (χ0n) is 21.6. The molecule has 9 nitrogen and oxygen atoms in total. The van der Waals surface area contributed by atoms with Gasteiger partial charge in [0.2, 0.25) is 17.7 Å². The molecule has 0 aromatic heterocycles. The molecule has 0 radical (unpaired) electrons. The summed E-state index contributed by atoms with van der Waals surface area (Å²) in [7, 11) is 0. The highest BCUT2D eigenvalue weighted by molar-refractivity contribution is 5.94. The molecule has 1 aromatic carbocycles. The molecule has 9 heteroatoms. The Kier molecular flexibility index (Phi) is 10.1. The van der Waals surface area contributed by atoms with Gasteiger partial charge < -0.3 is 26.0 Å². The van der Waals surface area contributed by atoms with E-state index in [0.717, 1.165) is 37.7 Å². The Balaban J connectivity index is 2.45. The maximum absolute atomic E-state index is 13.9. The number of unbranched alkanes of at least 4 members (excludes halogenated alkanes) is 1. The summed E-state index contributed by atoms with van der Waals surface area (Å²) in [6.07, 6.45) is 2.88. The Labute approximate surface area is 208 Å². The van der Waals surface area contributed by atoms with Crippen molar-refractivity contribution in [2.45, 2.75) is 96.9 Å². The Bertz CT molecular complexity index is 907. The number of nitrogens with zero attached hydrogens (tertiary/aromatic N) is 1. The van der Waals surface area contributed by atoms with Gasteiger partial charge in [-0.1, -0.05) is 43.2 Å². The van der Waals surface area contributed by atoms with Gasteiger partial charge >= 0.3 is 6.09 Å². The Morgan fingerprint density at radius 2 is 1.89 bits per heavy atom. The quantitative estimate of drug-likeness (QED) is 0.412. The predicted molar refractivity (Wildman–Crippen MR) is 133 cm³/mol. The van der Waals surface area contributed by atoms with E-state index in [-0.39, 0.29) is 11.9 Å². The summed E-state index contributed by atoms with van der Waals surface area (Å²) in [5.41, 5.74) is 6.26. The van der Waals surface area contributed by atoms with Gasteiger partial charge in [-0.25, -0.2) is 4.79 Å². The summed E-state index contributed by atoms with van der Waals surface area (Å²) >= 11 is 0. The van der Waals surface area contributed by atoms with Crippen molar-refractivity contribution in [2.24, 2.45) is 5.73 Å². The zero-order chi connectivity index (χ0) is 26.2. The molecule has 1 aliphatic carbocycles. The van der Waals surface area contributed by atoms with Crippen LogP contribution >= 0.6 is 0 Å². The van der Waals surface area contributed by atoms with E-state index in [2.05, 4.69) is 10.6 Å². The van der Waals surface area contributed by atoms with Gasteiger partial charge in [0.05, 0.1) is 6.42 Å². The predicted octanol–water partition coefficient (Wildman–Crippen LogP) is 3.10. The van der Waals surface area contributed by atoms with Crippen LogP contribution in [0.15, 0.2) is 24.3 Å². The minimum absolute atomic E-state index is 0.194. The summed E-state index contributed by atoms with van der Waals surface area (Å²) in [4.78, 5) is 53.2. The molecule has 0 heterocycles. The number of aryl methyl sites for hydroxylation is 1. The van der Waals surface area contributed by atoms with Crippen molar-refractivity contribution in [3.8, 4) is 0 Å². The molecule has 0 aliphatic heterocycles. The second kappa shape index (κ2) is 12.6. The number of nitrogens with one attached hydrogen (secondary N) is 2. The number of ether oxygens (including phenoxy) is 1. The van der Waals surface area contributed by atoms with E-state index in [4.69, 9.17) is 10.5 Å². The summed E-state index contributed by atoms with van der Waals surface area (Å²) < 4.78 is 5.30. The van der Waals surface area contributed by atoms with Crippen LogP contribution in [0.5, 0.6) is 0 Å². The van der Waals surface area contributed by atoms with Crippen LogP contribution in [-0.2, 0) is 19.1 Å². The number of benzene rings is 1. The fourth-order valence-corrected chi connectivity index (χ4v) is 3.98. The second-order valence-corrected chi connectivity index (χ2v) is 10.2. The Hall–Kier alpha value is -3.10. The van der Waals surface area contributed by atoms with E-state index in [1.807, 2.05) is 38.1 Å². The van der Waals surface area contributed by atoms with E-state index in [1.54, 1.807) is 20.8 Å². The highest BCUT2D eigenvalue weighted by Crippen LogP contribution is 2.34. The maximum atomic E-state index is 13.9. The number of alkyl carbamates (subject to hydrolysis) is 1. The standard InChI is InChI=1S/C26H40N4O5/c1-6-7-14-28-23(32)22(18-11-8-10-17(2)15-18)30(19-12-9-13-19)24(33)20(16-21(27)31)29-25(34)35-26(3,4)5/h8,10-11,15,19-20,22H,6-7,9,12-14,16H2,1-5H3,(H2,27,31)(H,28,32)(H,29,34). The lowest BCUT2D eigenvalue weighted by atomic mass is 9.87. The molecule has 4 amide bonds. The molecule has 2 rings (SSSR count). The van der Waals surface area contributed by atoms with E-state index in [1.165, 1.54) is 4.90 Å². The van der Waals surface area contributed by atoms with E-state index in [9.17, 15) is 19.2 Å². The molecule has 0 saturated heterocycles. The number of amides is 4. The van der Waals surface area contributed by atoms with Crippen molar-refractivity contribution in [1.29, 1.82) is 0 Å². The van der Waals surface area contributed by atoms with Gasteiger partial charge in [-0.05, 0) is 58.9 Å². The molecule has 194 valence electrons. The van der Waals surface area contributed by atoms with Gasteiger partial charge in [0.25, 0.3) is 0 Å². The summed E-state index contributed by atoms with van der Waals surface area (Å²) in [5.74, 6) is -1.57. The van der Waals surface area contributed by atoms with Crippen molar-refractivity contribution in [2.75, 3.05) is 6.54 Å². The van der Waals surface area contributed by atoms with Crippen LogP contribution < -0.4 is 16.4 Å². The van der Waals surface area contributed by atoms with Crippen LogP contribution in [0.2, 0.25) is 0 Å². The van der Waals surface area contributed by atoms with Crippen LogP contribution in [0.4, 0.5) is 4.79 Å². The largest absolute Gasteiger partial charge is 0.444 e. The molecular weight excluding hydrogens is 448 g/mol. The van der Waals surface area contributed by atoms with Crippen molar-refractivity contribution in [3.63, 3.8) is 0 Å². The summed E-state index contributed by atoms with van der Waals surface area (Å²) in [6.45, 7) is 9.55. The highest BCUT2D eigenvalue weighted by atomic mass is 16.6.